The summed E-state index contributed by atoms with van der Waals surface area (Å²) in [5.74, 6) is -0.994. The van der Waals surface area contributed by atoms with Gasteiger partial charge in [-0.25, -0.2) is 0 Å². The highest BCUT2D eigenvalue weighted by Gasteiger charge is 2.19. The maximum absolute atomic E-state index is 12.9. The van der Waals surface area contributed by atoms with Gasteiger partial charge in [-0.15, -0.1) is 0 Å². The summed E-state index contributed by atoms with van der Waals surface area (Å²) >= 11 is 0. The van der Waals surface area contributed by atoms with Crippen LogP contribution in [0.1, 0.15) is 245 Å². The van der Waals surface area contributed by atoms with E-state index < -0.39 is 6.10 Å². The Morgan fingerprint density at radius 3 is 0.768 bits per heavy atom. The number of carbonyl (C=O) groups excluding carboxylic acids is 3. The molecule has 0 aliphatic carbocycles. The molecule has 0 aliphatic heterocycles. The molecule has 0 aromatic heterocycles. The van der Waals surface area contributed by atoms with E-state index in [9.17, 15) is 14.4 Å². The number of rotatable bonds is 56. The molecule has 0 N–H and O–H groups in total. The van der Waals surface area contributed by atoms with Crippen LogP contribution in [0.25, 0.3) is 0 Å². The van der Waals surface area contributed by atoms with Crippen LogP contribution < -0.4 is 0 Å². The van der Waals surface area contributed by atoms with Crippen LogP contribution in [0.15, 0.2) is 194 Å². The van der Waals surface area contributed by atoms with Gasteiger partial charge >= 0.3 is 17.9 Å². The molecule has 0 fully saturated rings. The van der Waals surface area contributed by atoms with Gasteiger partial charge in [0.2, 0.25) is 0 Å². The van der Waals surface area contributed by atoms with Gasteiger partial charge in [0.15, 0.2) is 6.10 Å². The van der Waals surface area contributed by atoms with Crippen LogP contribution >= 0.6 is 0 Å². The van der Waals surface area contributed by atoms with Crippen LogP contribution in [0.2, 0.25) is 0 Å². The van der Waals surface area contributed by atoms with Crippen LogP contribution in [0.4, 0.5) is 0 Å². The fraction of sp³-hybridized carbons (Fsp3) is 0.539. The highest BCUT2D eigenvalue weighted by Crippen LogP contribution is 2.13. The molecule has 0 heterocycles. The molecule has 82 heavy (non-hydrogen) atoms. The first-order valence-electron chi connectivity index (χ1n) is 32.4. The Morgan fingerprint density at radius 1 is 0.256 bits per heavy atom. The van der Waals surface area contributed by atoms with Crippen molar-refractivity contribution < 1.29 is 28.6 Å². The van der Waals surface area contributed by atoms with Crippen molar-refractivity contribution in [2.45, 2.75) is 252 Å². The Bertz CT molecular complexity index is 1970. The Labute approximate surface area is 503 Å². The highest BCUT2D eigenvalue weighted by molar-refractivity contribution is 5.71. The zero-order valence-electron chi connectivity index (χ0n) is 52.2. The van der Waals surface area contributed by atoms with E-state index in [1.165, 1.54) is 12.8 Å². The minimum Gasteiger partial charge on any atom is -0.462 e. The van der Waals surface area contributed by atoms with Crippen molar-refractivity contribution in [3.05, 3.63) is 194 Å². The zero-order valence-corrected chi connectivity index (χ0v) is 52.2. The van der Waals surface area contributed by atoms with Crippen LogP contribution in [0.5, 0.6) is 0 Å². The molecule has 6 nitrogen and oxygen atoms in total. The number of ether oxygens (including phenoxy) is 3. The Morgan fingerprint density at radius 2 is 0.476 bits per heavy atom. The molecule has 0 aromatic carbocycles. The van der Waals surface area contributed by atoms with E-state index in [1.807, 2.05) is 0 Å². The lowest BCUT2D eigenvalue weighted by Gasteiger charge is -2.18. The third kappa shape index (κ3) is 65.1. The maximum atomic E-state index is 12.9. The molecule has 0 amide bonds. The SMILES string of the molecule is CC/C=C\C/C=C\C/C=C\C/C=C\C/C=C\C/C=C\C/C=C\C/C=C\C/C=C\CCCCCC(=O)OCC(COC(=O)CCCCCCC/C=C\CCC)OC(=O)CCCCCC/C=C\C/C=C\C/C=C\C/C=C\C/C=C\C/C=C\CC. The Hall–Kier alpha value is -5.75. The molecule has 0 spiro atoms. The van der Waals surface area contributed by atoms with Gasteiger partial charge in [-0.2, -0.15) is 0 Å². The normalized spacial score (nSPS) is 13.5. The summed E-state index contributed by atoms with van der Waals surface area (Å²) < 4.78 is 16.8. The third-order valence-electron chi connectivity index (χ3n) is 12.8. The lowest BCUT2D eigenvalue weighted by atomic mass is 10.1. The van der Waals surface area contributed by atoms with E-state index in [0.29, 0.717) is 12.8 Å². The summed E-state index contributed by atoms with van der Waals surface area (Å²) in [6.07, 6.45) is 103. The number of unbranched alkanes of at least 4 members (excludes halogenated alkanes) is 13. The molecule has 0 aliphatic rings. The molecule has 456 valence electrons. The zero-order chi connectivity index (χ0) is 59.2. The molecular formula is C76H116O6. The first-order chi connectivity index (χ1) is 40.5. The fourth-order valence-corrected chi connectivity index (χ4v) is 8.03. The van der Waals surface area contributed by atoms with Gasteiger partial charge in [0, 0.05) is 19.3 Å². The molecule has 0 radical (unpaired) electrons. The lowest BCUT2D eigenvalue weighted by Crippen LogP contribution is -2.30. The van der Waals surface area contributed by atoms with Crippen molar-refractivity contribution in [2.75, 3.05) is 13.2 Å². The van der Waals surface area contributed by atoms with Crippen LogP contribution in [0.3, 0.4) is 0 Å². The smallest absolute Gasteiger partial charge is 0.306 e. The number of hydrogen-bond donors (Lipinski definition) is 0. The molecule has 0 aromatic rings. The number of hydrogen-bond acceptors (Lipinski definition) is 6. The second-order valence-corrected chi connectivity index (χ2v) is 20.5. The van der Waals surface area contributed by atoms with E-state index in [1.54, 1.807) is 0 Å². The summed E-state index contributed by atoms with van der Waals surface area (Å²) in [6, 6.07) is 0. The predicted octanol–water partition coefficient (Wildman–Crippen LogP) is 22.6. The summed E-state index contributed by atoms with van der Waals surface area (Å²) in [6.45, 7) is 6.27. The topological polar surface area (TPSA) is 78.9 Å². The van der Waals surface area contributed by atoms with Gasteiger partial charge in [-0.1, -0.05) is 260 Å². The van der Waals surface area contributed by atoms with Crippen molar-refractivity contribution in [2.24, 2.45) is 0 Å². The quantitative estimate of drug-likeness (QED) is 0.0261. The molecule has 0 saturated heterocycles. The second-order valence-electron chi connectivity index (χ2n) is 20.5. The largest absolute Gasteiger partial charge is 0.462 e. The van der Waals surface area contributed by atoms with Gasteiger partial charge in [-0.05, 0) is 161 Å². The van der Waals surface area contributed by atoms with Crippen molar-refractivity contribution in [3.63, 3.8) is 0 Å². The van der Waals surface area contributed by atoms with Gasteiger partial charge in [0.25, 0.3) is 0 Å². The number of allylic oxidation sites excluding steroid dienone is 32. The van der Waals surface area contributed by atoms with Crippen molar-refractivity contribution in [3.8, 4) is 0 Å². The minimum absolute atomic E-state index is 0.114. The van der Waals surface area contributed by atoms with Crippen LogP contribution in [-0.2, 0) is 28.6 Å². The molecule has 0 bridgehead atoms. The Kier molecular flexibility index (Phi) is 63.0. The van der Waals surface area contributed by atoms with E-state index in [4.69, 9.17) is 14.2 Å². The average molecular weight is 1130 g/mol. The highest BCUT2D eigenvalue weighted by atomic mass is 16.6. The van der Waals surface area contributed by atoms with Crippen LogP contribution in [0, 0.1) is 0 Å². The molecule has 6 heteroatoms. The fourth-order valence-electron chi connectivity index (χ4n) is 8.03. The van der Waals surface area contributed by atoms with Gasteiger partial charge in [0.05, 0.1) is 0 Å². The van der Waals surface area contributed by atoms with Gasteiger partial charge < -0.3 is 14.2 Å². The predicted molar refractivity (Wildman–Crippen MR) is 357 cm³/mol. The standard InChI is InChI=1S/C76H116O6/c1-4-7-10-13-16-19-22-24-26-28-30-32-34-35-36-37-38-39-40-41-43-44-46-48-50-52-54-57-60-63-66-69-75(78)81-72-73(71-80-74(77)68-65-62-59-56-21-18-15-12-9-6-3)82-76(79)70-67-64-61-58-55-53-51-49-47-45-42-33-31-29-27-25-23-20-17-14-11-8-5-2/h7-8,10-12,15-17,19-20,24-27,30-33,35-36,38-39,41,43,45-48,51-54,73H,4-6,9,13-14,18,21-23,28-29,34,37,40,42,44,49-50,55-72H2,1-3H3/b10-7-,11-8-,15-12-,19-16-,20-17-,26-24-,27-25-,32-30-,33-31-,36-35-,39-38-,43-41-,47-45-,48-46-,53-51-,54-52-. The first kappa shape index (κ1) is 76.2. The summed E-state index contributed by atoms with van der Waals surface area (Å²) in [5.41, 5.74) is 0. The van der Waals surface area contributed by atoms with Crippen molar-refractivity contribution in [1.82, 2.24) is 0 Å². The summed E-state index contributed by atoms with van der Waals surface area (Å²) in [5, 5.41) is 0. The maximum Gasteiger partial charge on any atom is 0.306 e. The van der Waals surface area contributed by atoms with E-state index in [2.05, 4.69) is 215 Å². The van der Waals surface area contributed by atoms with Crippen LogP contribution in [-0.4, -0.2) is 37.2 Å². The summed E-state index contributed by atoms with van der Waals surface area (Å²) in [7, 11) is 0. The van der Waals surface area contributed by atoms with E-state index in [0.717, 1.165) is 193 Å². The van der Waals surface area contributed by atoms with Crippen molar-refractivity contribution in [1.29, 1.82) is 0 Å². The summed E-state index contributed by atoms with van der Waals surface area (Å²) in [4.78, 5) is 38.2. The number of esters is 3. The molecular weight excluding hydrogens is 1010 g/mol. The lowest BCUT2D eigenvalue weighted by molar-refractivity contribution is -0.167. The van der Waals surface area contributed by atoms with Gasteiger partial charge in [0.1, 0.15) is 13.2 Å². The third-order valence-corrected chi connectivity index (χ3v) is 12.8. The molecule has 0 saturated carbocycles. The average Bonchev–Trinajstić information content (AvgIpc) is 3.47. The second kappa shape index (κ2) is 67.8. The van der Waals surface area contributed by atoms with E-state index in [-0.39, 0.29) is 37.5 Å². The van der Waals surface area contributed by atoms with Gasteiger partial charge in [-0.3, -0.25) is 14.4 Å². The minimum atomic E-state index is -0.821. The monoisotopic (exact) mass is 1120 g/mol. The Balaban J connectivity index is 4.42. The first-order valence-corrected chi connectivity index (χ1v) is 32.4. The number of carbonyl (C=O) groups is 3. The molecule has 0 rings (SSSR count). The van der Waals surface area contributed by atoms with E-state index >= 15 is 0 Å². The molecule has 1 atom stereocenters. The molecule has 1 unspecified atom stereocenters. The van der Waals surface area contributed by atoms with Crippen molar-refractivity contribution >= 4 is 17.9 Å².